The maximum Gasteiger partial charge on any atom is 0.245 e. The van der Waals surface area contributed by atoms with E-state index in [4.69, 9.17) is 28.9 Å². The van der Waals surface area contributed by atoms with Crippen LogP contribution in [0, 0.1) is 11.8 Å². The summed E-state index contributed by atoms with van der Waals surface area (Å²) in [4.78, 5) is -0.0986. The number of hydrogen-bond acceptors (Lipinski definition) is 3. The Morgan fingerprint density at radius 1 is 1.32 bits per heavy atom. The van der Waals surface area contributed by atoms with Crippen LogP contribution >= 0.6 is 23.2 Å². The second-order valence-electron chi connectivity index (χ2n) is 3.69. The van der Waals surface area contributed by atoms with Crippen molar-refractivity contribution in [3.8, 4) is 11.8 Å². The van der Waals surface area contributed by atoms with E-state index in [1.54, 1.807) is 6.92 Å². The molecule has 104 valence electrons. The predicted molar refractivity (Wildman–Crippen MR) is 77.9 cm³/mol. The largest absolute Gasteiger partial charge is 0.320 e. The van der Waals surface area contributed by atoms with Gasteiger partial charge in [-0.2, -0.15) is 0 Å². The molecule has 0 saturated heterocycles. The first-order valence-corrected chi connectivity index (χ1v) is 7.68. The second-order valence-corrected chi connectivity index (χ2v) is 6.49. The highest BCUT2D eigenvalue weighted by Gasteiger charge is 2.25. The maximum absolute atomic E-state index is 12.2. The zero-order chi connectivity index (χ0) is 14.6. The molecule has 0 spiro atoms. The van der Waals surface area contributed by atoms with Gasteiger partial charge in [-0.05, 0) is 12.1 Å². The molecule has 7 heteroatoms. The number of halogens is 2. The minimum atomic E-state index is -3.69. The quantitative estimate of drug-likeness (QED) is 0.866. The maximum atomic E-state index is 12.2. The highest BCUT2D eigenvalue weighted by atomic mass is 35.5. The Kier molecular flexibility index (Phi) is 5.65. The van der Waals surface area contributed by atoms with Crippen LogP contribution < -0.4 is 5.73 Å². The lowest BCUT2D eigenvalue weighted by molar-refractivity contribution is 0.486. The Bertz CT molecular complexity index is 610. The number of nitrogens with two attached hydrogens (primary N) is 1. The molecule has 0 bridgehead atoms. The summed E-state index contributed by atoms with van der Waals surface area (Å²) in [6.07, 6.45) is 0. The van der Waals surface area contributed by atoms with Gasteiger partial charge in [-0.1, -0.05) is 42.0 Å². The van der Waals surface area contributed by atoms with Crippen LogP contribution in [-0.2, 0) is 10.0 Å². The smallest absolute Gasteiger partial charge is 0.245 e. The van der Waals surface area contributed by atoms with E-state index in [-0.39, 0.29) is 21.5 Å². The van der Waals surface area contributed by atoms with Crippen molar-refractivity contribution in [2.75, 3.05) is 20.1 Å². The highest BCUT2D eigenvalue weighted by molar-refractivity contribution is 7.89. The molecule has 0 amide bonds. The van der Waals surface area contributed by atoms with Gasteiger partial charge in [-0.15, -0.1) is 0 Å². The molecule has 0 aliphatic rings. The standard InChI is InChI=1S/C12H14Cl2N2O2S/c1-3-16(2)19(17,18)12-10(13)7-9(5-4-6-15)8-11(12)14/h7-8H,3,6,15H2,1-2H3. The lowest BCUT2D eigenvalue weighted by atomic mass is 10.2. The zero-order valence-corrected chi connectivity index (χ0v) is 12.9. The van der Waals surface area contributed by atoms with Crippen LogP contribution in [-0.4, -0.2) is 32.9 Å². The molecule has 0 aromatic heterocycles. The second kappa shape index (κ2) is 6.60. The third kappa shape index (κ3) is 3.62. The molecule has 0 aliphatic heterocycles. The summed E-state index contributed by atoms with van der Waals surface area (Å²) in [5.74, 6) is 5.41. The van der Waals surface area contributed by atoms with Gasteiger partial charge < -0.3 is 5.73 Å². The van der Waals surface area contributed by atoms with Crippen LogP contribution in [0.5, 0.6) is 0 Å². The summed E-state index contributed by atoms with van der Waals surface area (Å²) >= 11 is 12.0. The Hall–Kier alpha value is -0.770. The molecule has 0 aliphatic carbocycles. The lowest BCUT2D eigenvalue weighted by Crippen LogP contribution is -2.27. The fourth-order valence-electron chi connectivity index (χ4n) is 1.36. The van der Waals surface area contributed by atoms with Gasteiger partial charge in [0.2, 0.25) is 10.0 Å². The minimum absolute atomic E-state index is 0.0501. The highest BCUT2D eigenvalue weighted by Crippen LogP contribution is 2.32. The topological polar surface area (TPSA) is 63.4 Å². The van der Waals surface area contributed by atoms with Crippen molar-refractivity contribution in [3.05, 3.63) is 27.7 Å². The fraction of sp³-hybridized carbons (Fsp3) is 0.333. The fourth-order valence-corrected chi connectivity index (χ4v) is 3.69. The van der Waals surface area contributed by atoms with Crippen molar-refractivity contribution in [1.82, 2.24) is 4.31 Å². The van der Waals surface area contributed by atoms with Crippen molar-refractivity contribution < 1.29 is 8.42 Å². The molecule has 1 aromatic rings. The van der Waals surface area contributed by atoms with Gasteiger partial charge in [0.05, 0.1) is 16.6 Å². The summed E-state index contributed by atoms with van der Waals surface area (Å²) in [6.45, 7) is 2.25. The average Bonchev–Trinajstić information content (AvgIpc) is 2.34. The van der Waals surface area contributed by atoms with Crippen LogP contribution in [0.25, 0.3) is 0 Å². The van der Waals surface area contributed by atoms with E-state index in [0.717, 1.165) is 0 Å². The number of nitrogens with zero attached hydrogens (tertiary/aromatic N) is 1. The van der Waals surface area contributed by atoms with Gasteiger partial charge in [0.1, 0.15) is 4.90 Å². The van der Waals surface area contributed by atoms with Crippen molar-refractivity contribution in [3.63, 3.8) is 0 Å². The summed E-state index contributed by atoms with van der Waals surface area (Å²) < 4.78 is 25.6. The third-order valence-electron chi connectivity index (χ3n) is 2.45. The summed E-state index contributed by atoms with van der Waals surface area (Å²) in [6, 6.07) is 2.93. The molecule has 0 radical (unpaired) electrons. The van der Waals surface area contributed by atoms with E-state index in [0.29, 0.717) is 12.1 Å². The van der Waals surface area contributed by atoms with Gasteiger partial charge >= 0.3 is 0 Å². The number of sulfonamides is 1. The molecular weight excluding hydrogens is 307 g/mol. The SMILES string of the molecule is CCN(C)S(=O)(=O)c1c(Cl)cc(C#CCN)cc1Cl. The van der Waals surface area contributed by atoms with E-state index in [9.17, 15) is 8.42 Å². The van der Waals surface area contributed by atoms with Crippen molar-refractivity contribution in [2.24, 2.45) is 5.73 Å². The molecule has 4 nitrogen and oxygen atoms in total. The van der Waals surface area contributed by atoms with E-state index < -0.39 is 10.0 Å². The normalized spacial score (nSPS) is 11.3. The Balaban J connectivity index is 3.40. The minimum Gasteiger partial charge on any atom is -0.320 e. The van der Waals surface area contributed by atoms with Crippen LogP contribution in [0.4, 0.5) is 0 Å². The van der Waals surface area contributed by atoms with Crippen molar-refractivity contribution in [2.45, 2.75) is 11.8 Å². The van der Waals surface area contributed by atoms with Gasteiger partial charge in [0.15, 0.2) is 0 Å². The van der Waals surface area contributed by atoms with Crippen molar-refractivity contribution in [1.29, 1.82) is 0 Å². The van der Waals surface area contributed by atoms with Crippen LogP contribution in [0.1, 0.15) is 12.5 Å². The summed E-state index contributed by atoms with van der Waals surface area (Å²) in [5, 5.41) is 0.100. The van der Waals surface area contributed by atoms with Gasteiger partial charge in [-0.3, -0.25) is 0 Å². The molecule has 1 rings (SSSR count). The van der Waals surface area contributed by atoms with Crippen LogP contribution in [0.2, 0.25) is 10.0 Å². The zero-order valence-electron chi connectivity index (χ0n) is 10.6. The molecule has 1 aromatic carbocycles. The molecule has 0 fully saturated rings. The van der Waals surface area contributed by atoms with E-state index in [2.05, 4.69) is 11.8 Å². The van der Waals surface area contributed by atoms with Gasteiger partial charge in [-0.25, -0.2) is 12.7 Å². The molecule has 2 N–H and O–H groups in total. The lowest BCUT2D eigenvalue weighted by Gasteiger charge is -2.17. The van der Waals surface area contributed by atoms with Gasteiger partial charge in [0, 0.05) is 19.2 Å². The first-order valence-electron chi connectivity index (χ1n) is 5.49. The molecule has 0 atom stereocenters. The number of hydrogen-bond donors (Lipinski definition) is 1. The molecular formula is C12H14Cl2N2O2S. The number of rotatable bonds is 3. The van der Waals surface area contributed by atoms with E-state index in [1.807, 2.05) is 0 Å². The Morgan fingerprint density at radius 3 is 2.26 bits per heavy atom. The summed E-state index contributed by atoms with van der Waals surface area (Å²) in [5.41, 5.74) is 5.79. The molecule has 0 saturated carbocycles. The average molecular weight is 321 g/mol. The molecule has 19 heavy (non-hydrogen) atoms. The molecule has 0 heterocycles. The number of benzene rings is 1. The van der Waals surface area contributed by atoms with Crippen LogP contribution in [0.3, 0.4) is 0 Å². The summed E-state index contributed by atoms with van der Waals surface area (Å²) in [7, 11) is -2.23. The molecule has 0 unspecified atom stereocenters. The Morgan fingerprint density at radius 2 is 1.84 bits per heavy atom. The third-order valence-corrected chi connectivity index (χ3v) is 5.30. The van der Waals surface area contributed by atoms with Crippen molar-refractivity contribution >= 4 is 33.2 Å². The Labute approximate surface area is 123 Å². The van der Waals surface area contributed by atoms with Gasteiger partial charge in [0.25, 0.3) is 0 Å². The monoisotopic (exact) mass is 320 g/mol. The van der Waals surface area contributed by atoms with E-state index >= 15 is 0 Å². The van der Waals surface area contributed by atoms with Crippen LogP contribution in [0.15, 0.2) is 17.0 Å². The van der Waals surface area contributed by atoms with E-state index in [1.165, 1.54) is 23.5 Å². The first kappa shape index (κ1) is 16.3. The predicted octanol–water partition coefficient (Wildman–Crippen LogP) is 1.94. The first-order chi connectivity index (χ1) is 8.84.